The van der Waals surface area contributed by atoms with Gasteiger partial charge in [0.15, 0.2) is 17.5 Å². The Morgan fingerprint density at radius 3 is 1.19 bits per heavy atom. The van der Waals surface area contributed by atoms with Gasteiger partial charge >= 0.3 is 0 Å². The molecule has 3 heteroatoms. The van der Waals surface area contributed by atoms with Gasteiger partial charge in [-0.3, -0.25) is 0 Å². The summed E-state index contributed by atoms with van der Waals surface area (Å²) >= 11 is 0. The van der Waals surface area contributed by atoms with E-state index in [9.17, 15) is 0 Å². The number of benzene rings is 10. The van der Waals surface area contributed by atoms with Gasteiger partial charge in [0.25, 0.3) is 0 Å². The molecule has 3 nitrogen and oxygen atoms in total. The van der Waals surface area contributed by atoms with Gasteiger partial charge in [0, 0.05) is 16.7 Å². The second-order valence-corrected chi connectivity index (χ2v) is 13.9. The van der Waals surface area contributed by atoms with Crippen molar-refractivity contribution in [3.05, 3.63) is 188 Å². The molecule has 0 aliphatic heterocycles. The first kappa shape index (κ1) is 30.4. The summed E-state index contributed by atoms with van der Waals surface area (Å²) in [6.07, 6.45) is 0. The lowest BCUT2D eigenvalue weighted by molar-refractivity contribution is 1.08. The van der Waals surface area contributed by atoms with Gasteiger partial charge in [-0.15, -0.1) is 0 Å². The highest BCUT2D eigenvalue weighted by atomic mass is 15.0. The quantitative estimate of drug-likeness (QED) is 0.137. The summed E-state index contributed by atoms with van der Waals surface area (Å²) in [5.41, 5.74) is 5.15. The third-order valence-electron chi connectivity index (χ3n) is 10.9. The van der Waals surface area contributed by atoms with Crippen molar-refractivity contribution in [2.24, 2.45) is 0 Å². The molecule has 1 heterocycles. The predicted molar refractivity (Wildman–Crippen MR) is 227 cm³/mol. The lowest BCUT2D eigenvalue weighted by Crippen LogP contribution is -2.03. The zero-order valence-corrected chi connectivity index (χ0v) is 29.2. The van der Waals surface area contributed by atoms with Crippen LogP contribution in [0.1, 0.15) is 0 Å². The summed E-state index contributed by atoms with van der Waals surface area (Å²) in [5, 5.41) is 13.9. The molecule has 0 aliphatic rings. The smallest absolute Gasteiger partial charge is 0.165 e. The van der Waals surface area contributed by atoms with E-state index in [1.54, 1.807) is 0 Å². The lowest BCUT2D eigenvalue weighted by atomic mass is 9.92. The van der Waals surface area contributed by atoms with Crippen molar-refractivity contribution in [3.8, 4) is 45.3 Å². The topological polar surface area (TPSA) is 38.7 Å². The third kappa shape index (κ3) is 4.79. The Morgan fingerprint density at radius 2 is 0.648 bits per heavy atom. The fraction of sp³-hybridized carbons (Fsp3) is 0. The maximum atomic E-state index is 5.54. The second kappa shape index (κ2) is 12.2. The molecule has 0 aliphatic carbocycles. The highest BCUT2D eigenvalue weighted by molar-refractivity contribution is 6.21. The molecule has 0 saturated heterocycles. The molecular formula is C51H31N3. The molecule has 0 N–H and O–H groups in total. The van der Waals surface area contributed by atoms with Crippen LogP contribution in [0.4, 0.5) is 0 Å². The van der Waals surface area contributed by atoms with Crippen LogP contribution in [0.5, 0.6) is 0 Å². The van der Waals surface area contributed by atoms with Gasteiger partial charge < -0.3 is 0 Å². The molecule has 0 saturated carbocycles. The third-order valence-corrected chi connectivity index (χ3v) is 10.9. The highest BCUT2D eigenvalue weighted by Crippen LogP contribution is 2.43. The predicted octanol–water partition coefficient (Wildman–Crippen LogP) is 13.5. The molecule has 0 unspecified atom stereocenters. The first-order chi connectivity index (χ1) is 26.8. The van der Waals surface area contributed by atoms with Crippen molar-refractivity contribution in [1.29, 1.82) is 0 Å². The van der Waals surface area contributed by atoms with Crippen LogP contribution in [0.2, 0.25) is 0 Å². The summed E-state index contributed by atoms with van der Waals surface area (Å²) in [7, 11) is 0. The Labute approximate surface area is 311 Å². The Kier molecular flexibility index (Phi) is 6.86. The van der Waals surface area contributed by atoms with E-state index in [0.717, 1.165) is 60.1 Å². The van der Waals surface area contributed by atoms with E-state index >= 15 is 0 Å². The summed E-state index contributed by atoms with van der Waals surface area (Å²) < 4.78 is 0. The van der Waals surface area contributed by atoms with Crippen molar-refractivity contribution in [1.82, 2.24) is 15.0 Å². The number of hydrogen-bond acceptors (Lipinski definition) is 3. The van der Waals surface area contributed by atoms with E-state index in [1.165, 1.54) is 32.3 Å². The van der Waals surface area contributed by atoms with Crippen LogP contribution in [0.25, 0.3) is 110 Å². The summed E-state index contributed by atoms with van der Waals surface area (Å²) in [4.78, 5) is 16.4. The normalized spacial score (nSPS) is 11.7. The number of hydrogen-bond donors (Lipinski definition) is 0. The molecule has 0 amide bonds. The maximum absolute atomic E-state index is 5.54. The first-order valence-corrected chi connectivity index (χ1v) is 18.4. The standard InChI is InChI=1S/C51H31N3/c1-2-14-32(15-3-1)37-20-12-13-25-44(37)49-52-50(47-40-23-10-6-18-35(40)30-45-38-21-8-4-16-33(38)26-28-42(45)47)54-51(53-49)48-41-24-11-7-19-36(41)31-46-39-22-9-5-17-34(39)27-29-43(46)48/h1-31H. The molecule has 54 heavy (non-hydrogen) atoms. The molecular weight excluding hydrogens is 655 g/mol. The van der Waals surface area contributed by atoms with E-state index in [1.807, 2.05) is 0 Å². The van der Waals surface area contributed by atoms with Crippen LogP contribution in [-0.2, 0) is 0 Å². The fourth-order valence-corrected chi connectivity index (χ4v) is 8.39. The van der Waals surface area contributed by atoms with Crippen molar-refractivity contribution < 1.29 is 0 Å². The van der Waals surface area contributed by atoms with Gasteiger partial charge in [-0.2, -0.15) is 0 Å². The molecule has 0 spiro atoms. The molecule has 0 bridgehead atoms. The molecule has 250 valence electrons. The summed E-state index contributed by atoms with van der Waals surface area (Å²) in [6, 6.07) is 66.9. The first-order valence-electron chi connectivity index (χ1n) is 18.4. The fourth-order valence-electron chi connectivity index (χ4n) is 8.39. The van der Waals surface area contributed by atoms with Crippen LogP contribution in [-0.4, -0.2) is 15.0 Å². The molecule has 0 atom stereocenters. The van der Waals surface area contributed by atoms with E-state index in [0.29, 0.717) is 17.5 Å². The van der Waals surface area contributed by atoms with Crippen LogP contribution in [0.3, 0.4) is 0 Å². The van der Waals surface area contributed by atoms with Crippen LogP contribution in [0, 0.1) is 0 Å². The Morgan fingerprint density at radius 1 is 0.241 bits per heavy atom. The van der Waals surface area contributed by atoms with Gasteiger partial charge in [0.1, 0.15) is 0 Å². The molecule has 11 aromatic rings. The minimum atomic E-state index is 0.637. The summed E-state index contributed by atoms with van der Waals surface area (Å²) in [5.74, 6) is 1.94. The molecule has 10 aromatic carbocycles. The SMILES string of the molecule is c1ccc(-c2ccccc2-c2nc(-c3c4ccccc4cc4c3ccc3ccccc34)nc(-c3c4ccccc4cc4c3ccc3ccccc34)n2)cc1. The van der Waals surface area contributed by atoms with E-state index in [2.05, 4.69) is 188 Å². The lowest BCUT2D eigenvalue weighted by Gasteiger charge is -2.17. The van der Waals surface area contributed by atoms with E-state index in [-0.39, 0.29) is 0 Å². The molecule has 0 fully saturated rings. The highest BCUT2D eigenvalue weighted by Gasteiger charge is 2.22. The Balaban J connectivity index is 1.30. The van der Waals surface area contributed by atoms with Gasteiger partial charge in [0.05, 0.1) is 0 Å². The van der Waals surface area contributed by atoms with Crippen LogP contribution >= 0.6 is 0 Å². The maximum Gasteiger partial charge on any atom is 0.165 e. The monoisotopic (exact) mass is 685 g/mol. The number of rotatable bonds is 4. The van der Waals surface area contributed by atoms with Crippen molar-refractivity contribution in [3.63, 3.8) is 0 Å². The van der Waals surface area contributed by atoms with Gasteiger partial charge in [-0.25, -0.2) is 15.0 Å². The van der Waals surface area contributed by atoms with Crippen molar-refractivity contribution >= 4 is 64.6 Å². The number of fused-ring (bicyclic) bond motifs is 8. The number of aromatic nitrogens is 3. The average Bonchev–Trinajstić information content (AvgIpc) is 3.24. The van der Waals surface area contributed by atoms with E-state index in [4.69, 9.17) is 15.0 Å². The van der Waals surface area contributed by atoms with Gasteiger partial charge in [-0.05, 0) is 87.9 Å². The zero-order valence-electron chi connectivity index (χ0n) is 29.2. The van der Waals surface area contributed by atoms with Gasteiger partial charge in [0.2, 0.25) is 0 Å². The summed E-state index contributed by atoms with van der Waals surface area (Å²) in [6.45, 7) is 0. The van der Waals surface area contributed by atoms with Crippen molar-refractivity contribution in [2.75, 3.05) is 0 Å². The zero-order chi connectivity index (χ0) is 35.6. The second-order valence-electron chi connectivity index (χ2n) is 13.9. The average molecular weight is 686 g/mol. The molecule has 1 aromatic heterocycles. The van der Waals surface area contributed by atoms with Crippen LogP contribution < -0.4 is 0 Å². The largest absolute Gasteiger partial charge is 0.208 e. The molecule has 11 rings (SSSR count). The minimum Gasteiger partial charge on any atom is -0.208 e. The van der Waals surface area contributed by atoms with Gasteiger partial charge in [-0.1, -0.05) is 176 Å². The molecule has 0 radical (unpaired) electrons. The Hall–Kier alpha value is -7.23. The number of nitrogens with zero attached hydrogens (tertiary/aromatic N) is 3. The van der Waals surface area contributed by atoms with E-state index < -0.39 is 0 Å². The van der Waals surface area contributed by atoms with Crippen LogP contribution in [0.15, 0.2) is 188 Å². The minimum absolute atomic E-state index is 0.637. The Bertz CT molecular complexity index is 3100. The van der Waals surface area contributed by atoms with Crippen molar-refractivity contribution in [2.45, 2.75) is 0 Å².